The van der Waals surface area contributed by atoms with Gasteiger partial charge in [0.25, 0.3) is 0 Å². The third-order valence-corrected chi connectivity index (χ3v) is 2.76. The highest BCUT2D eigenvalue weighted by Gasteiger charge is 2.04. The van der Waals surface area contributed by atoms with Crippen LogP contribution in [0, 0.1) is 19.7 Å². The Morgan fingerprint density at radius 3 is 2.78 bits per heavy atom. The highest BCUT2D eigenvalue weighted by atomic mass is 19.1. The first-order chi connectivity index (χ1) is 8.56. The maximum Gasteiger partial charge on any atom is 0.132 e. The van der Waals surface area contributed by atoms with Crippen molar-refractivity contribution in [3.8, 4) is 5.75 Å². The minimum atomic E-state index is -0.289. The van der Waals surface area contributed by atoms with E-state index in [1.54, 1.807) is 17.0 Å². The number of halogens is 1. The van der Waals surface area contributed by atoms with Gasteiger partial charge in [-0.05, 0) is 37.1 Å². The molecule has 0 N–H and O–H groups in total. The molecule has 2 rings (SSSR count). The van der Waals surface area contributed by atoms with Crippen molar-refractivity contribution in [3.05, 3.63) is 53.3 Å². The van der Waals surface area contributed by atoms with E-state index in [-0.39, 0.29) is 5.82 Å². The Bertz CT molecular complexity index is 587. The fraction of sp³-hybridized carbons (Fsp3) is 0.214. The van der Waals surface area contributed by atoms with E-state index >= 15 is 0 Å². The second-order valence-corrected chi connectivity index (χ2v) is 4.21. The van der Waals surface area contributed by atoms with Crippen molar-refractivity contribution in [2.24, 2.45) is 7.05 Å². The van der Waals surface area contributed by atoms with Gasteiger partial charge >= 0.3 is 0 Å². The van der Waals surface area contributed by atoms with Gasteiger partial charge < -0.3 is 4.74 Å². The average molecular weight is 246 g/mol. The van der Waals surface area contributed by atoms with Gasteiger partial charge in [-0.15, -0.1) is 0 Å². The van der Waals surface area contributed by atoms with Crippen LogP contribution in [0.5, 0.6) is 5.75 Å². The van der Waals surface area contributed by atoms with Crippen molar-refractivity contribution in [2.75, 3.05) is 0 Å². The third kappa shape index (κ3) is 2.77. The normalized spacial score (nSPS) is 11.1. The Hall–Kier alpha value is -2.10. The Morgan fingerprint density at radius 2 is 2.11 bits per heavy atom. The Balaban J connectivity index is 2.13. The molecule has 0 bridgehead atoms. The Kier molecular flexibility index (Phi) is 3.46. The van der Waals surface area contributed by atoms with Crippen molar-refractivity contribution < 1.29 is 9.13 Å². The minimum absolute atomic E-state index is 0.289. The van der Waals surface area contributed by atoms with Crippen molar-refractivity contribution in [1.29, 1.82) is 0 Å². The van der Waals surface area contributed by atoms with E-state index in [0.29, 0.717) is 5.75 Å². The molecular formula is C14H15FN2O. The molecule has 1 aromatic carbocycles. The molecule has 0 amide bonds. The molecule has 2 aromatic rings. The Labute approximate surface area is 106 Å². The van der Waals surface area contributed by atoms with Crippen LogP contribution in [0.3, 0.4) is 0 Å². The van der Waals surface area contributed by atoms with Crippen molar-refractivity contribution in [1.82, 2.24) is 9.78 Å². The fourth-order valence-electron chi connectivity index (χ4n) is 1.62. The molecule has 0 aliphatic rings. The minimum Gasteiger partial charge on any atom is -0.465 e. The lowest BCUT2D eigenvalue weighted by atomic mass is 10.1. The molecule has 1 heterocycles. The quantitative estimate of drug-likeness (QED) is 0.777. The van der Waals surface area contributed by atoms with Crippen LogP contribution in [-0.2, 0) is 7.05 Å². The number of hydrogen-bond acceptors (Lipinski definition) is 2. The summed E-state index contributed by atoms with van der Waals surface area (Å²) < 4.78 is 20.4. The van der Waals surface area contributed by atoms with Crippen LogP contribution in [0.1, 0.15) is 16.7 Å². The van der Waals surface area contributed by atoms with Gasteiger partial charge in [-0.2, -0.15) is 5.10 Å². The zero-order valence-corrected chi connectivity index (χ0v) is 10.6. The van der Waals surface area contributed by atoms with Crippen LogP contribution in [-0.4, -0.2) is 9.78 Å². The van der Waals surface area contributed by atoms with Crippen LogP contribution >= 0.6 is 0 Å². The lowest BCUT2D eigenvalue weighted by Gasteiger charge is -2.07. The summed E-state index contributed by atoms with van der Waals surface area (Å²) >= 11 is 0. The summed E-state index contributed by atoms with van der Waals surface area (Å²) in [7, 11) is 1.85. The highest BCUT2D eigenvalue weighted by molar-refractivity contribution is 5.47. The number of benzene rings is 1. The van der Waals surface area contributed by atoms with Gasteiger partial charge in [-0.3, -0.25) is 4.68 Å². The van der Waals surface area contributed by atoms with Gasteiger partial charge in [0, 0.05) is 24.9 Å². The lowest BCUT2D eigenvalue weighted by Crippen LogP contribution is -1.91. The van der Waals surface area contributed by atoms with Crippen LogP contribution in [0.4, 0.5) is 4.39 Å². The summed E-state index contributed by atoms with van der Waals surface area (Å²) in [6.45, 7) is 3.76. The van der Waals surface area contributed by atoms with Gasteiger partial charge in [-0.25, -0.2) is 4.39 Å². The first kappa shape index (κ1) is 12.4. The largest absolute Gasteiger partial charge is 0.465 e. The molecule has 18 heavy (non-hydrogen) atoms. The monoisotopic (exact) mass is 246 g/mol. The number of rotatable bonds is 3. The van der Waals surface area contributed by atoms with Gasteiger partial charge in [0.2, 0.25) is 0 Å². The lowest BCUT2D eigenvalue weighted by molar-refractivity contribution is 0.474. The number of nitrogens with zero attached hydrogens (tertiary/aromatic N) is 2. The first-order valence-electron chi connectivity index (χ1n) is 5.65. The predicted molar refractivity (Wildman–Crippen MR) is 68.7 cm³/mol. The summed E-state index contributed by atoms with van der Waals surface area (Å²) in [5.74, 6) is 0.246. The molecule has 0 saturated carbocycles. The Morgan fingerprint density at radius 1 is 1.33 bits per heavy atom. The van der Waals surface area contributed by atoms with E-state index in [1.165, 1.54) is 18.4 Å². The van der Waals surface area contributed by atoms with E-state index < -0.39 is 0 Å². The molecule has 94 valence electrons. The number of hydrogen-bond donors (Lipinski definition) is 0. The zero-order chi connectivity index (χ0) is 13.1. The number of aryl methyl sites for hydroxylation is 2. The van der Waals surface area contributed by atoms with Crippen molar-refractivity contribution in [3.63, 3.8) is 0 Å². The number of aromatic nitrogens is 2. The van der Waals surface area contributed by atoms with Crippen LogP contribution in [0.2, 0.25) is 0 Å². The van der Waals surface area contributed by atoms with Gasteiger partial charge in [0.15, 0.2) is 0 Å². The van der Waals surface area contributed by atoms with Gasteiger partial charge in [0.05, 0.1) is 12.5 Å². The standard InChI is InChI=1S/C14H15FN2O/c1-10-6-13(15)7-14(11(10)2)18-5-4-12-8-16-17(3)9-12/h4-9H,1-3H3/b5-4+. The topological polar surface area (TPSA) is 27.1 Å². The fourth-order valence-corrected chi connectivity index (χ4v) is 1.62. The van der Waals surface area contributed by atoms with Crippen LogP contribution in [0.25, 0.3) is 6.08 Å². The third-order valence-electron chi connectivity index (χ3n) is 2.76. The average Bonchev–Trinajstić information content (AvgIpc) is 2.71. The maximum absolute atomic E-state index is 13.2. The molecule has 0 aliphatic carbocycles. The van der Waals surface area contributed by atoms with E-state index in [9.17, 15) is 4.39 Å². The summed E-state index contributed by atoms with van der Waals surface area (Å²) in [5.41, 5.74) is 2.75. The second kappa shape index (κ2) is 5.04. The van der Waals surface area contributed by atoms with Crippen molar-refractivity contribution >= 4 is 6.08 Å². The van der Waals surface area contributed by atoms with Gasteiger partial charge in [-0.1, -0.05) is 0 Å². The molecule has 0 fully saturated rings. The molecule has 3 nitrogen and oxygen atoms in total. The first-order valence-corrected chi connectivity index (χ1v) is 5.65. The zero-order valence-electron chi connectivity index (χ0n) is 10.6. The summed E-state index contributed by atoms with van der Waals surface area (Å²) in [6.07, 6.45) is 6.91. The van der Waals surface area contributed by atoms with E-state index in [4.69, 9.17) is 4.74 Å². The SMILES string of the molecule is Cc1cc(F)cc(O/C=C/c2cnn(C)c2)c1C. The molecule has 0 unspecified atom stereocenters. The van der Waals surface area contributed by atoms with E-state index in [1.807, 2.05) is 27.1 Å². The summed E-state index contributed by atoms with van der Waals surface area (Å²) in [6, 6.07) is 2.88. The maximum atomic E-state index is 13.2. The van der Waals surface area contributed by atoms with Crippen LogP contribution < -0.4 is 4.74 Å². The van der Waals surface area contributed by atoms with Gasteiger partial charge in [0.1, 0.15) is 11.6 Å². The predicted octanol–water partition coefficient (Wildman–Crippen LogP) is 3.23. The highest BCUT2D eigenvalue weighted by Crippen LogP contribution is 2.23. The summed E-state index contributed by atoms with van der Waals surface area (Å²) in [4.78, 5) is 0. The van der Waals surface area contributed by atoms with E-state index in [2.05, 4.69) is 5.10 Å². The summed E-state index contributed by atoms with van der Waals surface area (Å²) in [5, 5.41) is 4.04. The molecule has 4 heteroatoms. The molecule has 0 atom stereocenters. The van der Waals surface area contributed by atoms with Crippen molar-refractivity contribution in [2.45, 2.75) is 13.8 Å². The van der Waals surface area contributed by atoms with Crippen LogP contribution in [0.15, 0.2) is 30.8 Å². The number of ether oxygens (including phenoxy) is 1. The molecule has 1 aromatic heterocycles. The second-order valence-electron chi connectivity index (χ2n) is 4.21. The molecular weight excluding hydrogens is 231 g/mol. The molecule has 0 aliphatic heterocycles. The molecule has 0 radical (unpaired) electrons. The molecule has 0 saturated heterocycles. The molecule has 0 spiro atoms. The smallest absolute Gasteiger partial charge is 0.132 e. The van der Waals surface area contributed by atoms with E-state index in [0.717, 1.165) is 16.7 Å².